The summed E-state index contributed by atoms with van der Waals surface area (Å²) < 4.78 is 5.30. The lowest BCUT2D eigenvalue weighted by Gasteiger charge is -2.17. The maximum absolute atomic E-state index is 11.5. The van der Waals surface area contributed by atoms with Gasteiger partial charge < -0.3 is 4.74 Å². The van der Waals surface area contributed by atoms with Crippen LogP contribution in [0.4, 0.5) is 0 Å². The molecule has 1 amide bonds. The van der Waals surface area contributed by atoms with Gasteiger partial charge in [0, 0.05) is 16.1 Å². The Morgan fingerprint density at radius 2 is 1.89 bits per heavy atom. The number of rotatable bonds is 4. The van der Waals surface area contributed by atoms with Crippen LogP contribution in [0.15, 0.2) is 29.4 Å². The molecule has 0 bridgehead atoms. The predicted molar refractivity (Wildman–Crippen MR) is 77.7 cm³/mol. The number of benzene rings is 1. The summed E-state index contributed by atoms with van der Waals surface area (Å²) in [5.41, 5.74) is 3.26. The third kappa shape index (κ3) is 5.75. The molecule has 0 aliphatic carbocycles. The van der Waals surface area contributed by atoms with E-state index in [1.54, 1.807) is 24.3 Å². The van der Waals surface area contributed by atoms with E-state index >= 15 is 0 Å². The molecule has 19 heavy (non-hydrogen) atoms. The molecule has 1 rings (SSSR count). The number of ether oxygens (including phenoxy) is 1. The summed E-state index contributed by atoms with van der Waals surface area (Å²) in [4.78, 5) is 11.5. The smallest absolute Gasteiger partial charge is 0.277 e. The summed E-state index contributed by atoms with van der Waals surface area (Å²) in [6.45, 7) is 7.88. The molecule has 0 saturated heterocycles. The van der Waals surface area contributed by atoms with Crippen LogP contribution in [-0.4, -0.2) is 18.2 Å². The van der Waals surface area contributed by atoms with Gasteiger partial charge in [-0.3, -0.25) is 4.79 Å². The molecule has 104 valence electrons. The first-order chi connectivity index (χ1) is 8.79. The van der Waals surface area contributed by atoms with Crippen molar-refractivity contribution in [1.82, 2.24) is 5.43 Å². The molecule has 1 aromatic rings. The molecular formula is C14H19ClN2O2. The summed E-state index contributed by atoms with van der Waals surface area (Å²) in [5.74, 6) is 0.301. The van der Waals surface area contributed by atoms with Gasteiger partial charge in [-0.25, -0.2) is 5.43 Å². The molecule has 1 N–H and O–H groups in total. The average Bonchev–Trinajstić information content (AvgIpc) is 2.34. The van der Waals surface area contributed by atoms with E-state index in [4.69, 9.17) is 16.3 Å². The lowest BCUT2D eigenvalue weighted by Crippen LogP contribution is -2.28. The van der Waals surface area contributed by atoms with Crippen molar-refractivity contribution in [3.8, 4) is 5.75 Å². The number of carbonyl (C=O) groups excluding carboxylic acids is 1. The Hall–Kier alpha value is -1.55. The van der Waals surface area contributed by atoms with Crippen molar-refractivity contribution in [2.75, 3.05) is 6.61 Å². The zero-order valence-electron chi connectivity index (χ0n) is 11.7. The molecule has 0 aromatic heterocycles. The predicted octanol–water partition coefficient (Wildman–Crippen LogP) is 3.26. The SMILES string of the molecule is C/C(=N/NC(=O)COc1ccc(Cl)cc1)C(C)(C)C. The Bertz CT molecular complexity index is 461. The molecule has 0 aliphatic heterocycles. The minimum atomic E-state index is -0.293. The van der Waals surface area contributed by atoms with Crippen LogP contribution >= 0.6 is 11.6 Å². The second kappa shape index (κ2) is 6.57. The molecule has 0 aliphatic rings. The van der Waals surface area contributed by atoms with Crippen molar-refractivity contribution < 1.29 is 9.53 Å². The normalized spacial score (nSPS) is 12.2. The minimum absolute atomic E-state index is 0.0652. The Morgan fingerprint density at radius 1 is 1.32 bits per heavy atom. The minimum Gasteiger partial charge on any atom is -0.484 e. The molecule has 0 saturated carbocycles. The highest BCUT2D eigenvalue weighted by Gasteiger charge is 2.14. The Balaban J connectivity index is 2.42. The van der Waals surface area contributed by atoms with E-state index in [0.29, 0.717) is 10.8 Å². The molecule has 0 heterocycles. The summed E-state index contributed by atoms with van der Waals surface area (Å²) in [5, 5.41) is 4.66. The summed E-state index contributed by atoms with van der Waals surface area (Å²) in [6.07, 6.45) is 0. The zero-order valence-corrected chi connectivity index (χ0v) is 12.4. The lowest BCUT2D eigenvalue weighted by atomic mass is 9.91. The number of nitrogens with zero attached hydrogens (tertiary/aromatic N) is 1. The summed E-state index contributed by atoms with van der Waals surface area (Å²) in [7, 11) is 0. The Labute approximate surface area is 118 Å². The second-order valence-electron chi connectivity index (χ2n) is 5.22. The Morgan fingerprint density at radius 3 is 2.42 bits per heavy atom. The van der Waals surface area contributed by atoms with Gasteiger partial charge in [0.15, 0.2) is 6.61 Å². The van der Waals surface area contributed by atoms with Crippen LogP contribution in [0, 0.1) is 5.41 Å². The third-order valence-electron chi connectivity index (χ3n) is 2.62. The molecule has 0 unspecified atom stereocenters. The van der Waals surface area contributed by atoms with Crippen LogP contribution in [0.3, 0.4) is 0 Å². The average molecular weight is 283 g/mol. The lowest BCUT2D eigenvalue weighted by molar-refractivity contribution is -0.123. The number of amides is 1. The van der Waals surface area contributed by atoms with Crippen molar-refractivity contribution in [3.05, 3.63) is 29.3 Å². The molecule has 0 atom stereocenters. The number of hydrogen-bond donors (Lipinski definition) is 1. The Kier molecular flexibility index (Phi) is 5.36. The molecule has 5 heteroatoms. The van der Waals surface area contributed by atoms with Crippen molar-refractivity contribution in [2.45, 2.75) is 27.7 Å². The standard InChI is InChI=1S/C14H19ClN2O2/c1-10(14(2,3)4)16-17-13(18)9-19-12-7-5-11(15)6-8-12/h5-8H,9H2,1-4H3,(H,17,18)/b16-10-. The largest absolute Gasteiger partial charge is 0.484 e. The maximum atomic E-state index is 11.5. The number of nitrogens with one attached hydrogen (secondary N) is 1. The van der Waals surface area contributed by atoms with Gasteiger partial charge in [0.05, 0.1) is 0 Å². The molecule has 4 nitrogen and oxygen atoms in total. The fourth-order valence-electron chi connectivity index (χ4n) is 1.03. The van der Waals surface area contributed by atoms with Crippen molar-refractivity contribution in [2.24, 2.45) is 10.5 Å². The van der Waals surface area contributed by atoms with Gasteiger partial charge in [-0.15, -0.1) is 0 Å². The van der Waals surface area contributed by atoms with E-state index in [2.05, 4.69) is 10.5 Å². The van der Waals surface area contributed by atoms with Crippen LogP contribution in [0.2, 0.25) is 5.02 Å². The van der Waals surface area contributed by atoms with Crippen LogP contribution < -0.4 is 10.2 Å². The van der Waals surface area contributed by atoms with E-state index < -0.39 is 0 Å². The zero-order chi connectivity index (χ0) is 14.5. The fourth-order valence-corrected chi connectivity index (χ4v) is 1.15. The van der Waals surface area contributed by atoms with Crippen molar-refractivity contribution in [1.29, 1.82) is 0 Å². The first-order valence-corrected chi connectivity index (χ1v) is 6.39. The van der Waals surface area contributed by atoms with E-state index in [9.17, 15) is 4.79 Å². The monoisotopic (exact) mass is 282 g/mol. The molecule has 0 radical (unpaired) electrons. The maximum Gasteiger partial charge on any atom is 0.277 e. The van der Waals surface area contributed by atoms with Crippen molar-refractivity contribution in [3.63, 3.8) is 0 Å². The highest BCUT2D eigenvalue weighted by Crippen LogP contribution is 2.16. The molecule has 0 fully saturated rings. The van der Waals surface area contributed by atoms with Crippen LogP contribution in [-0.2, 0) is 4.79 Å². The second-order valence-corrected chi connectivity index (χ2v) is 5.66. The van der Waals surface area contributed by atoms with E-state index in [-0.39, 0.29) is 17.9 Å². The van der Waals surface area contributed by atoms with Gasteiger partial charge in [0.25, 0.3) is 5.91 Å². The third-order valence-corrected chi connectivity index (χ3v) is 2.87. The van der Waals surface area contributed by atoms with E-state index in [0.717, 1.165) is 5.71 Å². The van der Waals surface area contributed by atoms with Crippen LogP contribution in [0.1, 0.15) is 27.7 Å². The van der Waals surface area contributed by atoms with Gasteiger partial charge in [-0.2, -0.15) is 5.10 Å². The molecular weight excluding hydrogens is 264 g/mol. The topological polar surface area (TPSA) is 50.7 Å². The first kappa shape index (κ1) is 15.5. The summed E-state index contributed by atoms with van der Waals surface area (Å²) in [6, 6.07) is 6.83. The first-order valence-electron chi connectivity index (χ1n) is 6.01. The van der Waals surface area contributed by atoms with Gasteiger partial charge in [0.2, 0.25) is 0 Å². The van der Waals surface area contributed by atoms with Gasteiger partial charge >= 0.3 is 0 Å². The molecule has 1 aromatic carbocycles. The number of hydrazone groups is 1. The van der Waals surface area contributed by atoms with Crippen LogP contribution in [0.5, 0.6) is 5.75 Å². The van der Waals surface area contributed by atoms with Gasteiger partial charge in [-0.05, 0) is 31.2 Å². The number of carbonyl (C=O) groups is 1. The highest BCUT2D eigenvalue weighted by atomic mass is 35.5. The van der Waals surface area contributed by atoms with Gasteiger partial charge in [-0.1, -0.05) is 32.4 Å². The van der Waals surface area contributed by atoms with E-state index in [1.165, 1.54) is 0 Å². The molecule has 0 spiro atoms. The highest BCUT2D eigenvalue weighted by molar-refractivity contribution is 6.30. The van der Waals surface area contributed by atoms with E-state index in [1.807, 2.05) is 27.7 Å². The fraction of sp³-hybridized carbons (Fsp3) is 0.429. The quantitative estimate of drug-likeness (QED) is 0.681. The number of halogens is 1. The van der Waals surface area contributed by atoms with Crippen LogP contribution in [0.25, 0.3) is 0 Å². The van der Waals surface area contributed by atoms with Crippen molar-refractivity contribution >= 4 is 23.2 Å². The van der Waals surface area contributed by atoms with Gasteiger partial charge in [0.1, 0.15) is 5.75 Å². The number of hydrogen-bond acceptors (Lipinski definition) is 3. The summed E-state index contributed by atoms with van der Waals surface area (Å²) >= 11 is 5.75.